The monoisotopic (exact) mass is 208 g/mol. The molecule has 1 unspecified atom stereocenters. The molecular weight excluding hydrogens is 196 g/mol. The lowest BCUT2D eigenvalue weighted by atomic mass is 10.0. The third kappa shape index (κ3) is 1.35. The summed E-state index contributed by atoms with van der Waals surface area (Å²) in [7, 11) is 0. The van der Waals surface area contributed by atoms with Crippen molar-refractivity contribution in [2.75, 3.05) is 13.1 Å². The van der Waals surface area contributed by atoms with E-state index in [0.717, 1.165) is 19.5 Å². The molecule has 1 fully saturated rings. The van der Waals surface area contributed by atoms with E-state index in [9.17, 15) is 0 Å². The van der Waals surface area contributed by atoms with E-state index in [4.69, 9.17) is 4.99 Å². The molecule has 1 aromatic carbocycles. The number of para-hydroxylation sites is 1. The number of halogens is 1. The Labute approximate surface area is 89.2 Å². The van der Waals surface area contributed by atoms with E-state index in [0.29, 0.717) is 6.04 Å². The smallest absolute Gasteiger partial charge is 0.0750 e. The Hall–Kier alpha value is -0.860. The summed E-state index contributed by atoms with van der Waals surface area (Å²) < 4.78 is 0. The average molecular weight is 209 g/mol. The Bertz CT molecular complexity index is 453. The van der Waals surface area contributed by atoms with Gasteiger partial charge in [0.1, 0.15) is 0 Å². The van der Waals surface area contributed by atoms with Gasteiger partial charge in [-0.1, -0.05) is 18.2 Å². The molecule has 2 aliphatic heterocycles. The molecule has 0 saturated carbocycles. The molecule has 0 spiro atoms. The molecule has 3 heteroatoms. The molecule has 0 amide bonds. The maximum Gasteiger partial charge on any atom is 0.0750 e. The van der Waals surface area contributed by atoms with Gasteiger partial charge >= 0.3 is 0 Å². The number of benzene rings is 1. The standard InChI is InChI=1S/C11H12N2.ClH/c1-2-4-10-8(3-1)9-7-12-6-5-11(9)13-10;/h1-4,11-12H,5-7H2;1H. The van der Waals surface area contributed by atoms with Crippen LogP contribution in [0.25, 0.3) is 5.57 Å². The van der Waals surface area contributed by atoms with Crippen molar-refractivity contribution in [1.82, 2.24) is 5.32 Å². The van der Waals surface area contributed by atoms with Gasteiger partial charge in [0.05, 0.1) is 11.4 Å². The van der Waals surface area contributed by atoms with Gasteiger partial charge in [0.15, 0.2) is 0 Å². The highest BCUT2D eigenvalue weighted by Gasteiger charge is 2.21. The second-order valence-corrected chi connectivity index (χ2v) is 3.65. The van der Waals surface area contributed by atoms with E-state index in [-0.39, 0.29) is 12.4 Å². The maximum atomic E-state index is 4.70. The number of fused-ring (bicyclic) bond motifs is 2. The Morgan fingerprint density at radius 1 is 1.29 bits per heavy atom. The summed E-state index contributed by atoms with van der Waals surface area (Å²) in [5.41, 5.74) is 1.49. The molecule has 2 heterocycles. The minimum Gasteiger partial charge on any atom is -0.313 e. The molecule has 1 saturated heterocycles. The second kappa shape index (κ2) is 3.71. The van der Waals surface area contributed by atoms with E-state index < -0.39 is 0 Å². The Morgan fingerprint density at radius 3 is 3.07 bits per heavy atom. The van der Waals surface area contributed by atoms with Crippen LogP contribution in [-0.4, -0.2) is 19.1 Å². The van der Waals surface area contributed by atoms with Gasteiger partial charge in [-0.15, -0.1) is 12.4 Å². The minimum absolute atomic E-state index is 0. The molecule has 0 bridgehead atoms. The van der Waals surface area contributed by atoms with Gasteiger partial charge in [0, 0.05) is 11.8 Å². The van der Waals surface area contributed by atoms with Gasteiger partial charge in [0.25, 0.3) is 0 Å². The topological polar surface area (TPSA) is 24.4 Å². The van der Waals surface area contributed by atoms with Crippen molar-refractivity contribution in [3.63, 3.8) is 0 Å². The summed E-state index contributed by atoms with van der Waals surface area (Å²) in [5, 5.41) is 5.95. The van der Waals surface area contributed by atoms with Gasteiger partial charge in [-0.3, -0.25) is 4.99 Å². The van der Waals surface area contributed by atoms with Crippen LogP contribution in [-0.2, 0) is 0 Å². The Kier molecular flexibility index (Phi) is 2.57. The quantitative estimate of drug-likeness (QED) is 0.650. The largest absolute Gasteiger partial charge is 0.313 e. The predicted molar refractivity (Wildman–Crippen MR) is 59.2 cm³/mol. The first-order valence-electron chi connectivity index (χ1n) is 4.82. The van der Waals surface area contributed by atoms with Crippen molar-refractivity contribution >= 4 is 18.0 Å². The first-order valence-corrected chi connectivity index (χ1v) is 4.82. The summed E-state index contributed by atoms with van der Waals surface area (Å²) in [6.45, 7) is 2.12. The zero-order valence-electron chi connectivity index (χ0n) is 7.86. The fourth-order valence-corrected chi connectivity index (χ4v) is 2.20. The number of nitrogens with one attached hydrogen (secondary N) is 1. The number of nitrogens with zero attached hydrogens (tertiary/aromatic N) is 1. The maximum absolute atomic E-state index is 4.70. The molecule has 3 rings (SSSR count). The van der Waals surface area contributed by atoms with Crippen molar-refractivity contribution in [3.05, 3.63) is 34.8 Å². The molecule has 0 aromatic heterocycles. The molecule has 0 aliphatic carbocycles. The van der Waals surface area contributed by atoms with E-state index in [1.54, 1.807) is 0 Å². The highest BCUT2D eigenvalue weighted by molar-refractivity contribution is 5.85. The predicted octanol–water partition coefficient (Wildman–Crippen LogP) is 0.254. The highest BCUT2D eigenvalue weighted by Crippen LogP contribution is 2.14. The lowest BCUT2D eigenvalue weighted by molar-refractivity contribution is 0.598. The number of rotatable bonds is 0. The highest BCUT2D eigenvalue weighted by atomic mass is 35.5. The van der Waals surface area contributed by atoms with Crippen LogP contribution >= 0.6 is 12.4 Å². The van der Waals surface area contributed by atoms with Crippen molar-refractivity contribution in [3.8, 4) is 0 Å². The zero-order valence-corrected chi connectivity index (χ0v) is 8.68. The number of hydrogen-bond acceptors (Lipinski definition) is 2. The van der Waals surface area contributed by atoms with Crippen molar-refractivity contribution in [1.29, 1.82) is 0 Å². The van der Waals surface area contributed by atoms with Crippen molar-refractivity contribution in [2.45, 2.75) is 12.5 Å². The van der Waals surface area contributed by atoms with Crippen LogP contribution in [0.3, 0.4) is 0 Å². The van der Waals surface area contributed by atoms with Gasteiger partial charge in [-0.25, -0.2) is 0 Å². The average Bonchev–Trinajstić information content (AvgIpc) is 2.56. The molecule has 0 radical (unpaired) electrons. The van der Waals surface area contributed by atoms with Crippen LogP contribution in [0, 0.1) is 0 Å². The molecular formula is C11H13ClN2. The van der Waals surface area contributed by atoms with E-state index in [1.807, 2.05) is 0 Å². The summed E-state index contributed by atoms with van der Waals surface area (Å²) in [4.78, 5) is 4.70. The second-order valence-electron chi connectivity index (χ2n) is 3.65. The van der Waals surface area contributed by atoms with E-state index in [1.165, 1.54) is 16.1 Å². The lowest BCUT2D eigenvalue weighted by Gasteiger charge is -2.19. The minimum atomic E-state index is 0. The molecule has 2 nitrogen and oxygen atoms in total. The Balaban J connectivity index is 0.000000750. The van der Waals surface area contributed by atoms with Crippen molar-refractivity contribution < 1.29 is 0 Å². The van der Waals surface area contributed by atoms with Crippen LogP contribution in [0.1, 0.15) is 6.42 Å². The lowest BCUT2D eigenvalue weighted by Crippen LogP contribution is -2.33. The van der Waals surface area contributed by atoms with Gasteiger partial charge < -0.3 is 5.32 Å². The van der Waals surface area contributed by atoms with Crippen LogP contribution < -0.4 is 15.9 Å². The van der Waals surface area contributed by atoms with Gasteiger partial charge in [-0.05, 0) is 24.6 Å². The first kappa shape index (κ1) is 9.69. The summed E-state index contributed by atoms with van der Waals surface area (Å²) in [6.07, 6.45) is 1.16. The van der Waals surface area contributed by atoms with Crippen LogP contribution in [0.4, 0.5) is 0 Å². The molecule has 14 heavy (non-hydrogen) atoms. The zero-order chi connectivity index (χ0) is 8.67. The van der Waals surface area contributed by atoms with E-state index in [2.05, 4.69) is 29.6 Å². The third-order valence-electron chi connectivity index (χ3n) is 2.86. The normalized spacial score (nSPS) is 23.1. The number of hydrogen-bond donors (Lipinski definition) is 1. The molecule has 2 aliphatic rings. The summed E-state index contributed by atoms with van der Waals surface area (Å²) in [5.74, 6) is 0. The Morgan fingerprint density at radius 2 is 2.14 bits per heavy atom. The van der Waals surface area contributed by atoms with Gasteiger partial charge in [0.2, 0.25) is 0 Å². The van der Waals surface area contributed by atoms with Crippen LogP contribution in [0.5, 0.6) is 0 Å². The van der Waals surface area contributed by atoms with Crippen LogP contribution in [0.15, 0.2) is 29.3 Å². The molecule has 1 aromatic rings. The van der Waals surface area contributed by atoms with Gasteiger partial charge in [-0.2, -0.15) is 0 Å². The fraction of sp³-hybridized carbons (Fsp3) is 0.364. The molecule has 1 N–H and O–H groups in total. The molecule has 1 atom stereocenters. The number of piperidine rings is 1. The fourth-order valence-electron chi connectivity index (χ4n) is 2.20. The summed E-state index contributed by atoms with van der Waals surface area (Å²) in [6, 6.07) is 8.92. The van der Waals surface area contributed by atoms with Crippen molar-refractivity contribution in [2.24, 2.45) is 4.99 Å². The summed E-state index contributed by atoms with van der Waals surface area (Å²) >= 11 is 0. The molecule has 74 valence electrons. The third-order valence-corrected chi connectivity index (χ3v) is 2.86. The van der Waals surface area contributed by atoms with Crippen LogP contribution in [0.2, 0.25) is 0 Å². The first-order chi connectivity index (χ1) is 6.45. The van der Waals surface area contributed by atoms with E-state index >= 15 is 0 Å². The SMILES string of the molecule is Cl.c1ccc2c(c1)=NC1CCNCC=21.